The summed E-state index contributed by atoms with van der Waals surface area (Å²) in [5, 5.41) is 0.690. The van der Waals surface area contributed by atoms with Crippen LogP contribution in [0.25, 0.3) is 0 Å². The van der Waals surface area contributed by atoms with E-state index in [1.807, 2.05) is 43.1 Å². The van der Waals surface area contributed by atoms with Gasteiger partial charge in [-0.05, 0) is 24.6 Å². The summed E-state index contributed by atoms with van der Waals surface area (Å²) in [6.07, 6.45) is 0. The van der Waals surface area contributed by atoms with Crippen LogP contribution in [0.15, 0.2) is 24.3 Å². The lowest BCUT2D eigenvalue weighted by atomic mass is 10.1. The van der Waals surface area contributed by atoms with E-state index in [1.165, 1.54) is 7.11 Å². The maximum Gasteiger partial charge on any atom is 0.322 e. The van der Waals surface area contributed by atoms with Crippen molar-refractivity contribution < 1.29 is 4.74 Å². The number of hydrogen-bond acceptors (Lipinski definition) is 6. The van der Waals surface area contributed by atoms with Gasteiger partial charge in [0.25, 0.3) is 0 Å². The lowest BCUT2D eigenvalue weighted by molar-refractivity contribution is 0.378. The van der Waals surface area contributed by atoms with Gasteiger partial charge in [0.15, 0.2) is 0 Å². The summed E-state index contributed by atoms with van der Waals surface area (Å²) in [6, 6.07) is 7.86. The van der Waals surface area contributed by atoms with Crippen molar-refractivity contribution >= 4 is 23.5 Å². The Morgan fingerprint density at radius 2 is 2.05 bits per heavy atom. The van der Waals surface area contributed by atoms with Gasteiger partial charge in [0.2, 0.25) is 11.9 Å². The molecular weight excluding hydrogens is 278 g/mol. The predicted octanol–water partition coefficient (Wildman–Crippen LogP) is 2.31. The van der Waals surface area contributed by atoms with Crippen LogP contribution >= 0.6 is 11.6 Å². The van der Waals surface area contributed by atoms with E-state index in [2.05, 4.69) is 15.0 Å². The summed E-state index contributed by atoms with van der Waals surface area (Å²) in [4.78, 5) is 14.1. The minimum atomic E-state index is 0.0280. The molecule has 0 bridgehead atoms. The molecule has 1 atom stereocenters. The van der Waals surface area contributed by atoms with Gasteiger partial charge in [-0.15, -0.1) is 0 Å². The second-order valence-corrected chi connectivity index (χ2v) is 4.76. The van der Waals surface area contributed by atoms with Crippen molar-refractivity contribution in [3.63, 3.8) is 0 Å². The molecule has 0 saturated heterocycles. The molecule has 0 aliphatic carbocycles. The molecule has 20 heavy (non-hydrogen) atoms. The highest BCUT2D eigenvalue weighted by Gasteiger charge is 2.17. The Kier molecular flexibility index (Phi) is 4.24. The summed E-state index contributed by atoms with van der Waals surface area (Å²) >= 11 is 6.01. The third-order valence-electron chi connectivity index (χ3n) is 3.03. The van der Waals surface area contributed by atoms with Gasteiger partial charge in [-0.1, -0.05) is 23.7 Å². The Morgan fingerprint density at radius 1 is 1.30 bits per heavy atom. The number of nitrogen functional groups attached to an aromatic ring is 1. The lowest BCUT2D eigenvalue weighted by Gasteiger charge is -2.25. The van der Waals surface area contributed by atoms with Crippen LogP contribution in [0.3, 0.4) is 0 Å². The number of anilines is 2. The summed E-state index contributed by atoms with van der Waals surface area (Å²) in [5.74, 6) is 0.568. The van der Waals surface area contributed by atoms with Crippen LogP contribution in [0.4, 0.5) is 11.9 Å². The highest BCUT2D eigenvalue weighted by Crippen LogP contribution is 2.25. The maximum absolute atomic E-state index is 6.01. The zero-order valence-corrected chi connectivity index (χ0v) is 12.3. The van der Waals surface area contributed by atoms with Gasteiger partial charge in [0, 0.05) is 12.1 Å². The molecule has 2 N–H and O–H groups in total. The van der Waals surface area contributed by atoms with Crippen LogP contribution in [0, 0.1) is 0 Å². The number of halogens is 1. The van der Waals surface area contributed by atoms with Crippen LogP contribution in [-0.4, -0.2) is 29.1 Å². The average Bonchev–Trinajstić information content (AvgIpc) is 2.45. The summed E-state index contributed by atoms with van der Waals surface area (Å²) in [5.41, 5.74) is 6.70. The number of hydrogen-bond donors (Lipinski definition) is 1. The third kappa shape index (κ3) is 3.08. The van der Waals surface area contributed by atoms with Gasteiger partial charge < -0.3 is 15.4 Å². The molecule has 0 saturated carbocycles. The first-order chi connectivity index (χ1) is 9.51. The molecule has 1 aromatic heterocycles. The number of nitrogens with two attached hydrogens (primary N) is 1. The SMILES string of the molecule is COc1nc(N)nc(N(C)C(C)c2cccc(Cl)c2)n1. The molecule has 2 aromatic rings. The van der Waals surface area contributed by atoms with Crippen molar-refractivity contribution in [2.45, 2.75) is 13.0 Å². The standard InChI is InChI=1S/C13H16ClN5O/c1-8(9-5-4-6-10(14)7-9)19(2)12-16-11(15)17-13(18-12)20-3/h4-8H,1-3H3,(H2,15,16,17,18). The highest BCUT2D eigenvalue weighted by molar-refractivity contribution is 6.30. The van der Waals surface area contributed by atoms with Crippen molar-refractivity contribution in [3.05, 3.63) is 34.9 Å². The van der Waals surface area contributed by atoms with Crippen LogP contribution in [0.1, 0.15) is 18.5 Å². The fourth-order valence-corrected chi connectivity index (χ4v) is 1.97. The molecule has 2 rings (SSSR count). The summed E-state index contributed by atoms with van der Waals surface area (Å²) < 4.78 is 5.00. The monoisotopic (exact) mass is 293 g/mol. The minimum Gasteiger partial charge on any atom is -0.467 e. The van der Waals surface area contributed by atoms with Gasteiger partial charge in [0.05, 0.1) is 13.2 Å². The molecule has 0 aliphatic heterocycles. The number of benzene rings is 1. The molecular formula is C13H16ClN5O. The van der Waals surface area contributed by atoms with E-state index in [-0.39, 0.29) is 18.0 Å². The number of ether oxygens (including phenoxy) is 1. The fraction of sp³-hybridized carbons (Fsp3) is 0.308. The van der Waals surface area contributed by atoms with Crippen LogP contribution in [-0.2, 0) is 0 Å². The van der Waals surface area contributed by atoms with E-state index in [1.54, 1.807) is 0 Å². The Morgan fingerprint density at radius 3 is 2.70 bits per heavy atom. The molecule has 7 heteroatoms. The van der Waals surface area contributed by atoms with Crippen molar-refractivity contribution in [1.82, 2.24) is 15.0 Å². The minimum absolute atomic E-state index is 0.0280. The number of methoxy groups -OCH3 is 1. The van der Waals surface area contributed by atoms with E-state index in [4.69, 9.17) is 22.1 Å². The Bertz CT molecular complexity index is 607. The first-order valence-electron chi connectivity index (χ1n) is 6.05. The molecule has 0 amide bonds. The number of aromatic nitrogens is 3. The van der Waals surface area contributed by atoms with Crippen molar-refractivity contribution in [2.24, 2.45) is 0 Å². The Hall–Kier alpha value is -2.08. The molecule has 106 valence electrons. The van der Waals surface area contributed by atoms with E-state index in [0.29, 0.717) is 11.0 Å². The highest BCUT2D eigenvalue weighted by atomic mass is 35.5. The van der Waals surface area contributed by atoms with E-state index in [0.717, 1.165) is 5.56 Å². The first kappa shape index (κ1) is 14.3. The summed E-state index contributed by atoms with van der Waals surface area (Å²) in [6.45, 7) is 2.03. The predicted molar refractivity (Wildman–Crippen MR) is 79.1 cm³/mol. The van der Waals surface area contributed by atoms with Gasteiger partial charge in [-0.2, -0.15) is 15.0 Å². The molecule has 0 radical (unpaired) electrons. The lowest BCUT2D eigenvalue weighted by Crippen LogP contribution is -2.24. The molecule has 0 aliphatic rings. The summed E-state index contributed by atoms with van der Waals surface area (Å²) in [7, 11) is 3.36. The topological polar surface area (TPSA) is 77.2 Å². The molecule has 0 spiro atoms. The molecule has 1 aromatic carbocycles. The maximum atomic E-state index is 6.01. The smallest absolute Gasteiger partial charge is 0.322 e. The van der Waals surface area contributed by atoms with Crippen molar-refractivity contribution in [2.75, 3.05) is 24.8 Å². The Balaban J connectivity index is 2.30. The van der Waals surface area contributed by atoms with Gasteiger partial charge in [-0.25, -0.2) is 0 Å². The van der Waals surface area contributed by atoms with Gasteiger partial charge in [-0.3, -0.25) is 0 Å². The second-order valence-electron chi connectivity index (χ2n) is 4.32. The molecule has 6 nitrogen and oxygen atoms in total. The zero-order valence-electron chi connectivity index (χ0n) is 11.5. The van der Waals surface area contributed by atoms with Gasteiger partial charge in [0.1, 0.15) is 0 Å². The van der Waals surface area contributed by atoms with Crippen LogP contribution in [0.2, 0.25) is 5.02 Å². The quantitative estimate of drug-likeness (QED) is 0.932. The Labute approximate surface area is 122 Å². The average molecular weight is 294 g/mol. The molecule has 0 fully saturated rings. The van der Waals surface area contributed by atoms with E-state index in [9.17, 15) is 0 Å². The largest absolute Gasteiger partial charge is 0.467 e. The van der Waals surface area contributed by atoms with Crippen molar-refractivity contribution in [3.8, 4) is 6.01 Å². The first-order valence-corrected chi connectivity index (χ1v) is 6.43. The van der Waals surface area contributed by atoms with E-state index >= 15 is 0 Å². The molecule has 1 heterocycles. The van der Waals surface area contributed by atoms with Crippen LogP contribution < -0.4 is 15.4 Å². The normalized spacial score (nSPS) is 12.0. The van der Waals surface area contributed by atoms with E-state index < -0.39 is 0 Å². The fourth-order valence-electron chi connectivity index (χ4n) is 1.77. The zero-order chi connectivity index (χ0) is 14.7. The number of nitrogens with zero attached hydrogens (tertiary/aromatic N) is 4. The molecule has 1 unspecified atom stereocenters. The third-order valence-corrected chi connectivity index (χ3v) is 3.27. The van der Waals surface area contributed by atoms with Gasteiger partial charge >= 0.3 is 6.01 Å². The van der Waals surface area contributed by atoms with Crippen LogP contribution in [0.5, 0.6) is 6.01 Å². The van der Waals surface area contributed by atoms with Crippen molar-refractivity contribution in [1.29, 1.82) is 0 Å². The second kappa shape index (κ2) is 5.92. The number of rotatable bonds is 4.